The molecule has 0 bridgehead atoms. The minimum Gasteiger partial charge on any atom is -0.352 e. The highest BCUT2D eigenvalue weighted by molar-refractivity contribution is 5.94. The predicted octanol–water partition coefficient (Wildman–Crippen LogP) is 4.35. The van der Waals surface area contributed by atoms with E-state index in [1.807, 2.05) is 60.7 Å². The maximum Gasteiger partial charge on any atom is 0.298 e. The summed E-state index contributed by atoms with van der Waals surface area (Å²) < 4.78 is 13.2. The van der Waals surface area contributed by atoms with Crippen LogP contribution in [0.15, 0.2) is 84.9 Å². The van der Waals surface area contributed by atoms with Gasteiger partial charge in [-0.25, -0.2) is 4.39 Å². The zero-order valence-corrected chi connectivity index (χ0v) is 19.0. The number of halogens is 1. The van der Waals surface area contributed by atoms with Crippen LogP contribution < -0.4 is 5.32 Å². The second-order valence-electron chi connectivity index (χ2n) is 8.66. The number of hydrogen-bond donors (Lipinski definition) is 1. The van der Waals surface area contributed by atoms with E-state index < -0.39 is 5.41 Å². The Labute approximate surface area is 199 Å². The molecule has 5 heteroatoms. The Morgan fingerprint density at radius 3 is 2.12 bits per heavy atom. The average Bonchev–Trinajstić information content (AvgIpc) is 2.88. The number of carbonyl (C=O) groups is 2. The molecule has 1 fully saturated rings. The van der Waals surface area contributed by atoms with Gasteiger partial charge in [0.1, 0.15) is 5.82 Å². The van der Waals surface area contributed by atoms with Gasteiger partial charge < -0.3 is 10.2 Å². The molecule has 0 saturated carbocycles. The Balaban J connectivity index is 1.45. The predicted molar refractivity (Wildman–Crippen MR) is 130 cm³/mol. The molecule has 1 N–H and O–H groups in total. The Morgan fingerprint density at radius 2 is 1.47 bits per heavy atom. The van der Waals surface area contributed by atoms with Gasteiger partial charge in [-0.15, -0.1) is 0 Å². The van der Waals surface area contributed by atoms with E-state index in [9.17, 15) is 14.0 Å². The van der Waals surface area contributed by atoms with Gasteiger partial charge >= 0.3 is 0 Å². The quantitative estimate of drug-likeness (QED) is 0.583. The fourth-order valence-electron chi connectivity index (χ4n) is 4.31. The second-order valence-corrected chi connectivity index (χ2v) is 8.66. The summed E-state index contributed by atoms with van der Waals surface area (Å²) >= 11 is 0. The maximum atomic E-state index is 13.4. The van der Waals surface area contributed by atoms with Crippen molar-refractivity contribution >= 4 is 11.8 Å². The minimum atomic E-state index is -0.620. The minimum absolute atomic E-state index is 0.0388. The van der Waals surface area contributed by atoms with Gasteiger partial charge in [-0.1, -0.05) is 66.6 Å². The van der Waals surface area contributed by atoms with Crippen molar-refractivity contribution in [3.63, 3.8) is 0 Å². The van der Waals surface area contributed by atoms with Crippen LogP contribution in [0.4, 0.5) is 4.39 Å². The summed E-state index contributed by atoms with van der Waals surface area (Å²) in [6.45, 7) is 1.28. The molecule has 3 aromatic carbocycles. The van der Waals surface area contributed by atoms with E-state index in [1.165, 1.54) is 12.1 Å². The molecule has 1 aliphatic rings. The summed E-state index contributed by atoms with van der Waals surface area (Å²) in [6, 6.07) is 25.5. The Bertz CT molecular complexity index is 1170. The number of nitrogens with zero attached hydrogens (tertiary/aromatic N) is 1. The second kappa shape index (κ2) is 10.8. The first-order valence-corrected chi connectivity index (χ1v) is 11.5. The van der Waals surface area contributed by atoms with Gasteiger partial charge in [0.25, 0.3) is 5.91 Å². The molecule has 1 heterocycles. The van der Waals surface area contributed by atoms with Gasteiger partial charge in [0.15, 0.2) is 0 Å². The van der Waals surface area contributed by atoms with Gasteiger partial charge in [-0.2, -0.15) is 0 Å². The smallest absolute Gasteiger partial charge is 0.298 e. The van der Waals surface area contributed by atoms with Crippen LogP contribution in [0, 0.1) is 23.1 Å². The van der Waals surface area contributed by atoms with Crippen molar-refractivity contribution in [3.05, 3.63) is 107 Å². The Hall–Kier alpha value is -3.91. The van der Waals surface area contributed by atoms with Crippen molar-refractivity contribution in [2.45, 2.75) is 25.8 Å². The lowest BCUT2D eigenvalue weighted by atomic mass is 9.73. The first-order chi connectivity index (χ1) is 16.5. The molecule has 3 aromatic rings. The largest absolute Gasteiger partial charge is 0.352 e. The number of carbonyl (C=O) groups excluding carboxylic acids is 2. The monoisotopic (exact) mass is 454 g/mol. The number of rotatable bonds is 5. The van der Waals surface area contributed by atoms with Crippen molar-refractivity contribution in [2.24, 2.45) is 5.41 Å². The van der Waals surface area contributed by atoms with Crippen molar-refractivity contribution < 1.29 is 14.0 Å². The number of piperidine rings is 1. The van der Waals surface area contributed by atoms with E-state index >= 15 is 0 Å². The summed E-state index contributed by atoms with van der Waals surface area (Å²) in [6.07, 6.45) is 1.70. The summed E-state index contributed by atoms with van der Waals surface area (Å²) in [5.74, 6) is 5.09. The van der Waals surface area contributed by atoms with E-state index in [4.69, 9.17) is 0 Å². The molecule has 2 amide bonds. The standard InChI is InChI=1S/C29H27FN2O2/c30-26-14-11-25(12-15-26)22-31-28(34)29(21-24-9-5-2-6-10-24)17-19-32(20-18-29)27(33)16-13-23-7-3-1-4-8-23/h1-12,14-15H,17-22H2,(H,31,34). The Kier molecular flexibility index (Phi) is 7.39. The van der Waals surface area contributed by atoms with Crippen LogP contribution >= 0.6 is 0 Å². The molecule has 0 spiro atoms. The van der Waals surface area contributed by atoms with Gasteiger partial charge in [-0.3, -0.25) is 9.59 Å². The Morgan fingerprint density at radius 1 is 0.853 bits per heavy atom. The van der Waals surface area contributed by atoms with Crippen LogP contribution in [-0.2, 0) is 22.6 Å². The summed E-state index contributed by atoms with van der Waals surface area (Å²) in [5, 5.41) is 3.05. The fraction of sp³-hybridized carbons (Fsp3) is 0.241. The van der Waals surface area contributed by atoms with Crippen LogP contribution in [0.25, 0.3) is 0 Å². The first-order valence-electron chi connectivity index (χ1n) is 11.5. The molecular formula is C29H27FN2O2. The molecule has 172 valence electrons. The molecule has 0 aromatic heterocycles. The fourth-order valence-corrected chi connectivity index (χ4v) is 4.31. The van der Waals surface area contributed by atoms with Crippen LogP contribution in [-0.4, -0.2) is 29.8 Å². The first kappa shape index (κ1) is 23.3. The SMILES string of the molecule is O=C(C#Cc1ccccc1)N1CCC(Cc2ccccc2)(C(=O)NCc2ccc(F)cc2)CC1. The van der Waals surface area contributed by atoms with E-state index in [-0.39, 0.29) is 17.6 Å². The van der Waals surface area contributed by atoms with E-state index in [0.29, 0.717) is 38.9 Å². The molecule has 34 heavy (non-hydrogen) atoms. The molecule has 4 rings (SSSR count). The molecule has 0 aliphatic carbocycles. The van der Waals surface area contributed by atoms with Crippen LogP contribution in [0.1, 0.15) is 29.5 Å². The molecular weight excluding hydrogens is 427 g/mol. The molecule has 1 aliphatic heterocycles. The van der Waals surface area contributed by atoms with E-state index in [0.717, 1.165) is 16.7 Å². The summed E-state index contributed by atoms with van der Waals surface area (Å²) in [7, 11) is 0. The van der Waals surface area contributed by atoms with Gasteiger partial charge in [0.2, 0.25) is 5.91 Å². The lowest BCUT2D eigenvalue weighted by Crippen LogP contribution is -2.51. The van der Waals surface area contributed by atoms with Crippen molar-refractivity contribution in [2.75, 3.05) is 13.1 Å². The molecule has 1 saturated heterocycles. The lowest BCUT2D eigenvalue weighted by molar-refractivity contribution is -0.138. The molecule has 0 atom stereocenters. The van der Waals surface area contributed by atoms with Crippen LogP contribution in [0.5, 0.6) is 0 Å². The third-order valence-corrected chi connectivity index (χ3v) is 6.33. The average molecular weight is 455 g/mol. The molecule has 0 unspecified atom stereocenters. The highest BCUT2D eigenvalue weighted by Gasteiger charge is 2.42. The van der Waals surface area contributed by atoms with Crippen LogP contribution in [0.3, 0.4) is 0 Å². The molecule has 0 radical (unpaired) electrons. The zero-order chi connectivity index (χ0) is 23.8. The summed E-state index contributed by atoms with van der Waals surface area (Å²) in [5.41, 5.74) is 2.10. The number of amides is 2. The highest BCUT2D eigenvalue weighted by atomic mass is 19.1. The van der Waals surface area contributed by atoms with E-state index in [2.05, 4.69) is 17.2 Å². The number of nitrogens with one attached hydrogen (secondary N) is 1. The molecule has 4 nitrogen and oxygen atoms in total. The maximum absolute atomic E-state index is 13.4. The number of hydrogen-bond acceptors (Lipinski definition) is 2. The third kappa shape index (κ3) is 5.90. The van der Waals surface area contributed by atoms with Crippen molar-refractivity contribution in [3.8, 4) is 11.8 Å². The topological polar surface area (TPSA) is 49.4 Å². The van der Waals surface area contributed by atoms with Gasteiger partial charge in [-0.05, 0) is 54.7 Å². The number of likely N-dealkylation sites (tertiary alicyclic amines) is 1. The normalized spacial score (nSPS) is 14.6. The highest BCUT2D eigenvalue weighted by Crippen LogP contribution is 2.36. The van der Waals surface area contributed by atoms with Crippen molar-refractivity contribution in [1.29, 1.82) is 0 Å². The summed E-state index contributed by atoms with van der Waals surface area (Å²) in [4.78, 5) is 27.8. The van der Waals surface area contributed by atoms with Gasteiger partial charge in [0, 0.05) is 31.1 Å². The lowest BCUT2D eigenvalue weighted by Gasteiger charge is -2.40. The van der Waals surface area contributed by atoms with Crippen LogP contribution in [0.2, 0.25) is 0 Å². The zero-order valence-electron chi connectivity index (χ0n) is 19.0. The van der Waals surface area contributed by atoms with Crippen molar-refractivity contribution in [1.82, 2.24) is 10.2 Å². The van der Waals surface area contributed by atoms with E-state index in [1.54, 1.807) is 17.0 Å². The third-order valence-electron chi connectivity index (χ3n) is 6.33. The number of benzene rings is 3. The van der Waals surface area contributed by atoms with Gasteiger partial charge in [0.05, 0.1) is 5.41 Å².